The molecule has 0 N–H and O–H groups in total. The van der Waals surface area contributed by atoms with E-state index in [1.54, 1.807) is 11.1 Å². The number of rotatable bonds is 6. The fourth-order valence-electron chi connectivity index (χ4n) is 11.9. The largest absolute Gasteiger partial charge is 0.301 e. The van der Waals surface area contributed by atoms with E-state index >= 15 is 0 Å². The van der Waals surface area contributed by atoms with Crippen molar-refractivity contribution < 1.29 is 0 Å². The van der Waals surface area contributed by atoms with E-state index in [2.05, 4.69) is 149 Å². The molecule has 0 amide bonds. The summed E-state index contributed by atoms with van der Waals surface area (Å²) in [5.74, 6) is 1.41. The predicted octanol–water partition coefficient (Wildman–Crippen LogP) is 15.1. The summed E-state index contributed by atoms with van der Waals surface area (Å²) in [5, 5.41) is 0. The van der Waals surface area contributed by atoms with Gasteiger partial charge in [0.15, 0.2) is 0 Å². The molecule has 2 nitrogen and oxygen atoms in total. The maximum atomic E-state index is 2.66. The van der Waals surface area contributed by atoms with Crippen LogP contribution in [0.3, 0.4) is 0 Å². The first-order chi connectivity index (χ1) is 27.8. The first-order valence-electron chi connectivity index (χ1n) is 22.3. The van der Waals surface area contributed by atoms with Crippen LogP contribution in [0.4, 0.5) is 11.4 Å². The Hall–Kier alpha value is -4.13. The van der Waals surface area contributed by atoms with Gasteiger partial charge in [-0.05, 0) is 160 Å². The van der Waals surface area contributed by atoms with E-state index in [1.165, 1.54) is 155 Å². The van der Waals surface area contributed by atoms with Crippen LogP contribution in [0.15, 0.2) is 114 Å². The van der Waals surface area contributed by atoms with Crippen molar-refractivity contribution in [2.24, 2.45) is 0 Å². The highest BCUT2D eigenvalue weighted by molar-refractivity contribution is 7.60. The third kappa shape index (κ3) is 7.20. The van der Waals surface area contributed by atoms with Gasteiger partial charge in [-0.2, -0.15) is 0 Å². The van der Waals surface area contributed by atoms with Crippen molar-refractivity contribution in [1.82, 2.24) is 0 Å². The number of anilines is 2. The number of hydrogen-bond acceptors (Lipinski definition) is 2. The molecule has 3 fully saturated rings. The van der Waals surface area contributed by atoms with E-state index in [4.69, 9.17) is 0 Å². The molecule has 0 spiro atoms. The molecule has 0 radical (unpaired) electrons. The fourth-order valence-corrected chi connectivity index (χ4v) is 16.4. The lowest BCUT2D eigenvalue weighted by Gasteiger charge is -2.47. The second kappa shape index (κ2) is 16.3. The van der Waals surface area contributed by atoms with Gasteiger partial charge < -0.3 is 9.80 Å². The van der Waals surface area contributed by atoms with Crippen LogP contribution in [0.25, 0.3) is 11.1 Å². The average molecular weight is 771 g/mol. The van der Waals surface area contributed by atoms with Gasteiger partial charge in [0.25, 0.3) is 0 Å². The van der Waals surface area contributed by atoms with Gasteiger partial charge in [-0.1, -0.05) is 136 Å². The summed E-state index contributed by atoms with van der Waals surface area (Å²) in [6.07, 6.45) is 25.4. The number of allylic oxidation sites excluding steroid dienone is 4. The zero-order chi connectivity index (χ0) is 39.2. The Morgan fingerprint density at radius 1 is 0.526 bits per heavy atom. The highest BCUT2D eigenvalue weighted by Gasteiger charge is 2.44. The molecule has 3 saturated carbocycles. The minimum absolute atomic E-state index is 0.244. The van der Waals surface area contributed by atoms with Crippen LogP contribution in [0.2, 0.25) is 0 Å². The van der Waals surface area contributed by atoms with Crippen molar-refractivity contribution >= 4 is 30.4 Å². The quantitative estimate of drug-likeness (QED) is 0.180. The summed E-state index contributed by atoms with van der Waals surface area (Å²) in [6.45, 7) is 13.9. The van der Waals surface area contributed by atoms with Crippen molar-refractivity contribution in [3.8, 4) is 0 Å². The second-order valence-electron chi connectivity index (χ2n) is 18.1. The minimum atomic E-state index is -0.244. The Morgan fingerprint density at radius 3 is 1.54 bits per heavy atom. The molecule has 4 aliphatic carbocycles. The van der Waals surface area contributed by atoms with Crippen molar-refractivity contribution in [1.29, 1.82) is 0 Å². The van der Waals surface area contributed by atoms with Gasteiger partial charge in [-0.15, -0.1) is 0 Å². The number of hydrogen-bond donors (Lipinski definition) is 0. The normalized spacial score (nSPS) is 21.9. The molecule has 4 aromatic carbocycles. The number of aryl methyl sites for hydroxylation is 6. The maximum Gasteiger partial charge on any atom is 0.126 e. The second-order valence-corrected chi connectivity index (χ2v) is 21.0. The van der Waals surface area contributed by atoms with Crippen LogP contribution < -0.4 is 9.80 Å². The molecular weight excluding hydrogens is 708 g/mol. The first kappa shape index (κ1) is 38.4. The van der Waals surface area contributed by atoms with Crippen molar-refractivity contribution in [2.75, 3.05) is 9.80 Å². The summed E-state index contributed by atoms with van der Waals surface area (Å²) >= 11 is 0. The molecule has 9 rings (SSSR count). The molecule has 3 heteroatoms. The number of fused-ring (bicyclic) bond motifs is 1. The van der Waals surface area contributed by atoms with E-state index in [0.29, 0.717) is 5.66 Å². The van der Waals surface area contributed by atoms with Crippen LogP contribution in [0, 0.1) is 41.5 Å². The molecule has 1 atom stereocenters. The summed E-state index contributed by atoms with van der Waals surface area (Å²) in [4.78, 5) is 5.32. The summed E-state index contributed by atoms with van der Waals surface area (Å²) in [6, 6.07) is 30.1. The fraction of sp³-hybridized carbons (Fsp3) is 0.407. The van der Waals surface area contributed by atoms with Gasteiger partial charge in [0.05, 0.1) is 11.4 Å². The third-order valence-corrected chi connectivity index (χ3v) is 17.9. The molecule has 1 aliphatic heterocycles. The topological polar surface area (TPSA) is 6.48 Å². The molecule has 1 heterocycles. The van der Waals surface area contributed by atoms with E-state index in [1.807, 2.05) is 0 Å². The van der Waals surface area contributed by atoms with Gasteiger partial charge in [0, 0.05) is 23.6 Å². The summed E-state index contributed by atoms with van der Waals surface area (Å²) < 4.78 is 0. The number of nitrogens with zero attached hydrogens (tertiary/aromatic N) is 2. The Bertz CT molecular complexity index is 2140. The van der Waals surface area contributed by atoms with Gasteiger partial charge in [0.2, 0.25) is 0 Å². The highest BCUT2D eigenvalue weighted by Crippen LogP contribution is 2.65. The van der Waals surface area contributed by atoms with E-state index in [-0.39, 0.29) is 7.92 Å². The Labute approximate surface area is 345 Å². The Morgan fingerprint density at radius 2 is 1.02 bits per heavy atom. The van der Waals surface area contributed by atoms with Crippen LogP contribution in [-0.4, -0.2) is 17.0 Å². The Balaban J connectivity index is 1.38. The third-order valence-electron chi connectivity index (χ3n) is 13.9. The molecular formula is C54H63N2P. The van der Waals surface area contributed by atoms with E-state index in [9.17, 15) is 0 Å². The lowest BCUT2D eigenvalue weighted by molar-refractivity contribution is 0.479. The minimum Gasteiger partial charge on any atom is -0.301 e. The first-order valence-corrected chi connectivity index (χ1v) is 23.9. The SMILES string of the molecule is Cc1cc(C)c(N2C=CN(c3c(C)cc(C)cc3C)C2=C2C(=C3C=C(c4ccccc4)c4ccccc43)CCCC2P(C2CCCCC2)C2CCCCC2)c(C)c1. The predicted molar refractivity (Wildman–Crippen MR) is 248 cm³/mol. The summed E-state index contributed by atoms with van der Waals surface area (Å²) in [7, 11) is -0.244. The molecule has 294 valence electrons. The molecule has 57 heavy (non-hydrogen) atoms. The highest BCUT2D eigenvalue weighted by atomic mass is 31.1. The zero-order valence-electron chi connectivity index (χ0n) is 35.5. The monoisotopic (exact) mass is 770 g/mol. The molecule has 0 aromatic heterocycles. The van der Waals surface area contributed by atoms with Gasteiger partial charge in [0.1, 0.15) is 5.82 Å². The van der Waals surface area contributed by atoms with Crippen LogP contribution in [0.5, 0.6) is 0 Å². The average Bonchev–Trinajstić information content (AvgIpc) is 3.80. The van der Waals surface area contributed by atoms with Crippen molar-refractivity contribution in [2.45, 2.75) is 142 Å². The van der Waals surface area contributed by atoms with Gasteiger partial charge in [-0.3, -0.25) is 0 Å². The summed E-state index contributed by atoms with van der Waals surface area (Å²) in [5.41, 5.74) is 23.4. The maximum absolute atomic E-state index is 2.66. The Kier molecular flexibility index (Phi) is 10.9. The molecule has 1 unspecified atom stereocenters. The standard InChI is InChI=1S/C54H63N2P/c1-36-31-38(3)52(39(4)32-36)55-29-30-56(53-40(5)33-37(2)34-41(53)6)54(55)51-47(49-35-48(42-19-10-7-11-20-42)45-25-16-17-26-46(45)49)27-18-28-50(51)57(43-21-12-8-13-22-43)44-23-14-9-15-24-44/h7,10-11,16-17,19-20,25-26,29-35,43-44,50H,8-9,12-15,18,21-24,27-28H2,1-6H3. The molecule has 0 bridgehead atoms. The zero-order valence-corrected chi connectivity index (χ0v) is 36.4. The van der Waals surface area contributed by atoms with Crippen molar-refractivity contribution in [3.63, 3.8) is 0 Å². The number of benzene rings is 4. The smallest absolute Gasteiger partial charge is 0.126 e. The lowest BCUT2D eigenvalue weighted by Crippen LogP contribution is -2.35. The lowest BCUT2D eigenvalue weighted by atomic mass is 9.83. The van der Waals surface area contributed by atoms with E-state index in [0.717, 1.165) is 17.7 Å². The van der Waals surface area contributed by atoms with Gasteiger partial charge >= 0.3 is 0 Å². The van der Waals surface area contributed by atoms with Crippen LogP contribution >= 0.6 is 7.92 Å². The molecule has 5 aliphatic rings. The molecule has 0 saturated heterocycles. The van der Waals surface area contributed by atoms with Crippen molar-refractivity contribution in [3.05, 3.63) is 164 Å². The van der Waals surface area contributed by atoms with E-state index < -0.39 is 0 Å². The van der Waals surface area contributed by atoms with Gasteiger partial charge in [-0.25, -0.2) is 0 Å². The van der Waals surface area contributed by atoms with Crippen LogP contribution in [0.1, 0.15) is 134 Å². The molecule has 4 aromatic rings. The van der Waals surface area contributed by atoms with Crippen LogP contribution in [-0.2, 0) is 0 Å².